The van der Waals surface area contributed by atoms with E-state index in [2.05, 4.69) is 30.6 Å². The maximum Gasteiger partial charge on any atom is 0.183 e. The van der Waals surface area contributed by atoms with Crippen LogP contribution in [0.25, 0.3) is 22.4 Å². The van der Waals surface area contributed by atoms with E-state index in [0.717, 1.165) is 38.3 Å². The number of hydrogen-bond acceptors (Lipinski definition) is 5. The molecule has 1 aliphatic rings. The van der Waals surface area contributed by atoms with Crippen molar-refractivity contribution in [3.8, 4) is 11.4 Å². The second-order valence-electron chi connectivity index (χ2n) is 5.83. The monoisotopic (exact) mass is 366 g/mol. The highest BCUT2D eigenvalue weighted by molar-refractivity contribution is 5.91. The molecule has 0 saturated carbocycles. The molecule has 6 nitrogen and oxygen atoms in total. The van der Waals surface area contributed by atoms with Gasteiger partial charge in [0.2, 0.25) is 0 Å². The van der Waals surface area contributed by atoms with Gasteiger partial charge in [0.25, 0.3) is 0 Å². The van der Waals surface area contributed by atoms with Gasteiger partial charge in [0, 0.05) is 29.7 Å². The Bertz CT molecular complexity index is 878. The second-order valence-corrected chi connectivity index (χ2v) is 5.83. The molecule has 3 N–H and O–H groups in total. The number of anilines is 1. The minimum atomic E-state index is -0.506. The van der Waals surface area contributed by atoms with Crippen molar-refractivity contribution >= 4 is 29.3 Å². The van der Waals surface area contributed by atoms with E-state index in [0.29, 0.717) is 22.4 Å². The molecular weight excluding hydrogens is 350 g/mol. The van der Waals surface area contributed by atoms with Gasteiger partial charge in [-0.1, -0.05) is 0 Å². The summed E-state index contributed by atoms with van der Waals surface area (Å²) < 4.78 is 27.5. The summed E-state index contributed by atoms with van der Waals surface area (Å²) in [6.45, 7) is 1.74. The number of nitrogens with zero attached hydrogens (tertiary/aromatic N) is 3. The van der Waals surface area contributed by atoms with Gasteiger partial charge < -0.3 is 15.6 Å². The molecule has 0 spiro atoms. The van der Waals surface area contributed by atoms with Crippen LogP contribution in [-0.4, -0.2) is 39.1 Å². The van der Waals surface area contributed by atoms with E-state index < -0.39 is 11.6 Å². The summed E-state index contributed by atoms with van der Waals surface area (Å²) in [4.78, 5) is 15.3. The van der Waals surface area contributed by atoms with Gasteiger partial charge >= 0.3 is 0 Å². The van der Waals surface area contributed by atoms with Crippen LogP contribution < -0.4 is 10.6 Å². The van der Waals surface area contributed by atoms with Crippen LogP contribution in [0.4, 0.5) is 14.6 Å². The van der Waals surface area contributed by atoms with Gasteiger partial charge in [0.15, 0.2) is 17.5 Å². The van der Waals surface area contributed by atoms with E-state index in [9.17, 15) is 8.78 Å². The highest BCUT2D eigenvalue weighted by atomic mass is 35.5. The van der Waals surface area contributed by atoms with Gasteiger partial charge in [0.1, 0.15) is 11.5 Å². The molecule has 3 aromatic rings. The zero-order valence-corrected chi connectivity index (χ0v) is 14.0. The maximum atomic E-state index is 14.1. The molecule has 4 rings (SSSR count). The average Bonchev–Trinajstić information content (AvgIpc) is 3.01. The summed E-state index contributed by atoms with van der Waals surface area (Å²) in [5.74, 6) is -0.473. The van der Waals surface area contributed by atoms with E-state index in [1.54, 1.807) is 6.20 Å². The summed E-state index contributed by atoms with van der Waals surface area (Å²) in [5, 5.41) is 6.95. The predicted octanol–water partition coefficient (Wildman–Crippen LogP) is 2.88. The fraction of sp³-hybridized carbons (Fsp3) is 0.312. The third kappa shape index (κ3) is 3.54. The van der Waals surface area contributed by atoms with Crippen LogP contribution in [-0.2, 0) is 0 Å². The molecule has 1 saturated heterocycles. The summed E-state index contributed by atoms with van der Waals surface area (Å²) in [7, 11) is 0. The molecule has 4 heterocycles. The maximum absolute atomic E-state index is 14.1. The molecule has 0 unspecified atom stereocenters. The molecule has 3 aromatic heterocycles. The van der Waals surface area contributed by atoms with Crippen LogP contribution in [0.3, 0.4) is 0 Å². The van der Waals surface area contributed by atoms with Crippen LogP contribution in [0.2, 0.25) is 0 Å². The zero-order valence-electron chi connectivity index (χ0n) is 13.2. The first kappa shape index (κ1) is 17.5. The Labute approximate surface area is 148 Å². The SMILES string of the molecule is Cl.Fc1cnc2[nH]cc(-c3ncc(F)c(N[C@@H]4CCCNC4)n3)c2c1. The molecule has 0 radical (unpaired) electrons. The summed E-state index contributed by atoms with van der Waals surface area (Å²) in [6, 6.07) is 1.48. The lowest BCUT2D eigenvalue weighted by Crippen LogP contribution is -2.38. The largest absolute Gasteiger partial charge is 0.364 e. The Balaban J connectivity index is 0.00000182. The molecule has 132 valence electrons. The molecule has 1 aliphatic heterocycles. The first-order valence-corrected chi connectivity index (χ1v) is 7.83. The Hall–Kier alpha value is -2.32. The minimum absolute atomic E-state index is 0. The Morgan fingerprint density at radius 1 is 1.20 bits per heavy atom. The Morgan fingerprint density at radius 2 is 2.08 bits per heavy atom. The summed E-state index contributed by atoms with van der Waals surface area (Å²) >= 11 is 0. The van der Waals surface area contributed by atoms with Crippen molar-refractivity contribution in [2.75, 3.05) is 18.4 Å². The number of pyridine rings is 1. The number of aromatic amines is 1. The predicted molar refractivity (Wildman–Crippen MR) is 93.8 cm³/mol. The molecule has 25 heavy (non-hydrogen) atoms. The van der Waals surface area contributed by atoms with Crippen molar-refractivity contribution in [2.24, 2.45) is 0 Å². The van der Waals surface area contributed by atoms with Gasteiger partial charge in [-0.15, -0.1) is 12.4 Å². The Kier molecular flexibility index (Phi) is 5.10. The smallest absolute Gasteiger partial charge is 0.183 e. The third-order valence-corrected chi connectivity index (χ3v) is 4.12. The second kappa shape index (κ2) is 7.28. The Morgan fingerprint density at radius 3 is 2.88 bits per heavy atom. The average molecular weight is 367 g/mol. The van der Waals surface area contributed by atoms with Gasteiger partial charge in [-0.25, -0.2) is 23.7 Å². The minimum Gasteiger partial charge on any atom is -0.364 e. The van der Waals surface area contributed by atoms with E-state index in [-0.39, 0.29) is 24.3 Å². The van der Waals surface area contributed by atoms with Gasteiger partial charge in [-0.3, -0.25) is 0 Å². The number of H-pyrrole nitrogens is 1. The molecule has 0 aliphatic carbocycles. The van der Waals surface area contributed by atoms with Crippen molar-refractivity contribution in [1.29, 1.82) is 0 Å². The van der Waals surface area contributed by atoms with E-state index in [1.807, 2.05) is 0 Å². The lowest BCUT2D eigenvalue weighted by atomic mass is 10.1. The molecule has 1 atom stereocenters. The topological polar surface area (TPSA) is 78.5 Å². The van der Waals surface area contributed by atoms with Crippen molar-refractivity contribution in [2.45, 2.75) is 18.9 Å². The van der Waals surface area contributed by atoms with Crippen molar-refractivity contribution in [3.63, 3.8) is 0 Å². The standard InChI is InChI=1S/C16H16F2N6.ClH/c17-9-4-11-12(7-21-14(11)20-5-9)15-22-8-13(18)16(24-15)23-10-2-1-3-19-6-10;/h4-5,7-8,10,19H,1-3,6H2,(H,20,21)(H,22,23,24);1H/t10-;/m1./s1. The zero-order chi connectivity index (χ0) is 16.5. The fourth-order valence-corrected chi connectivity index (χ4v) is 2.93. The van der Waals surface area contributed by atoms with Crippen molar-refractivity contribution < 1.29 is 8.78 Å². The number of piperidine rings is 1. The van der Waals surface area contributed by atoms with E-state index in [4.69, 9.17) is 0 Å². The highest BCUT2D eigenvalue weighted by Crippen LogP contribution is 2.27. The molecule has 1 fully saturated rings. The van der Waals surface area contributed by atoms with Gasteiger partial charge in [-0.2, -0.15) is 0 Å². The first-order valence-electron chi connectivity index (χ1n) is 7.83. The first-order chi connectivity index (χ1) is 11.7. The summed E-state index contributed by atoms with van der Waals surface area (Å²) in [5.41, 5.74) is 1.12. The molecule has 0 bridgehead atoms. The summed E-state index contributed by atoms with van der Waals surface area (Å²) in [6.07, 6.45) is 5.90. The quantitative estimate of drug-likeness (QED) is 0.664. The number of nitrogens with one attached hydrogen (secondary N) is 3. The number of fused-ring (bicyclic) bond motifs is 1. The van der Waals surface area contributed by atoms with Crippen LogP contribution in [0.1, 0.15) is 12.8 Å². The van der Waals surface area contributed by atoms with Gasteiger partial charge in [-0.05, 0) is 25.5 Å². The lowest BCUT2D eigenvalue weighted by molar-refractivity contribution is 0.476. The van der Waals surface area contributed by atoms with Crippen LogP contribution in [0.5, 0.6) is 0 Å². The van der Waals surface area contributed by atoms with Crippen LogP contribution in [0, 0.1) is 11.6 Å². The van der Waals surface area contributed by atoms with Crippen LogP contribution in [0.15, 0.2) is 24.7 Å². The van der Waals surface area contributed by atoms with Gasteiger partial charge in [0.05, 0.1) is 12.4 Å². The molecular formula is C16H17ClF2N6. The van der Waals surface area contributed by atoms with E-state index >= 15 is 0 Å². The van der Waals surface area contributed by atoms with Crippen LogP contribution >= 0.6 is 12.4 Å². The molecule has 0 aromatic carbocycles. The fourth-order valence-electron chi connectivity index (χ4n) is 2.93. The van der Waals surface area contributed by atoms with E-state index in [1.165, 1.54) is 6.07 Å². The number of aromatic nitrogens is 4. The highest BCUT2D eigenvalue weighted by Gasteiger charge is 2.18. The number of hydrogen-bond donors (Lipinski definition) is 3. The van der Waals surface area contributed by atoms with Crippen molar-refractivity contribution in [1.82, 2.24) is 25.3 Å². The lowest BCUT2D eigenvalue weighted by Gasteiger charge is -2.24. The van der Waals surface area contributed by atoms with Crippen molar-refractivity contribution in [3.05, 3.63) is 36.3 Å². The normalized spacial score (nSPS) is 17.3. The molecule has 0 amide bonds. The third-order valence-electron chi connectivity index (χ3n) is 4.12. The number of rotatable bonds is 3. The number of halogens is 3. The molecule has 9 heteroatoms.